The molecule has 20 heavy (non-hydrogen) atoms. The van der Waals surface area contributed by atoms with Crippen LogP contribution in [-0.4, -0.2) is 6.61 Å². The maximum Gasteiger partial charge on any atom is 0.387 e. The lowest BCUT2D eigenvalue weighted by molar-refractivity contribution is -0.0498. The summed E-state index contributed by atoms with van der Waals surface area (Å²) in [6.07, 6.45) is 0. The summed E-state index contributed by atoms with van der Waals surface area (Å²) in [5.41, 5.74) is 0.999. The van der Waals surface area contributed by atoms with E-state index in [9.17, 15) is 8.78 Å². The Balaban J connectivity index is 1.83. The first-order valence-corrected chi connectivity index (χ1v) is 7.61. The average molecular weight is 308 g/mol. The second-order valence-corrected chi connectivity index (χ2v) is 6.08. The van der Waals surface area contributed by atoms with Gasteiger partial charge in [0.2, 0.25) is 0 Å². The van der Waals surface area contributed by atoms with Crippen LogP contribution in [0.15, 0.2) is 53.9 Å². The molecule has 0 unspecified atom stereocenters. The third-order valence-electron chi connectivity index (χ3n) is 2.73. The van der Waals surface area contributed by atoms with Crippen LogP contribution in [-0.2, 0) is 0 Å². The normalized spacial score (nSPS) is 10.9. The van der Waals surface area contributed by atoms with Crippen molar-refractivity contribution >= 4 is 22.7 Å². The van der Waals surface area contributed by atoms with Crippen molar-refractivity contribution in [2.24, 2.45) is 0 Å². The minimum absolute atomic E-state index is 0.179. The standard InChI is InChI=1S/C15H10F2OS2/c16-15(17)18-11-5-3-10(4-6-11)12-7-8-14(20-12)13-2-1-9-19-13/h1-9,15H. The molecule has 0 radical (unpaired) electrons. The van der Waals surface area contributed by atoms with E-state index < -0.39 is 6.61 Å². The molecule has 2 heterocycles. The van der Waals surface area contributed by atoms with Crippen LogP contribution in [0.25, 0.3) is 20.2 Å². The quantitative estimate of drug-likeness (QED) is 0.596. The Hall–Kier alpha value is -1.72. The summed E-state index contributed by atoms with van der Waals surface area (Å²) in [5.74, 6) is 0.179. The fraction of sp³-hybridized carbons (Fsp3) is 0.0667. The van der Waals surface area contributed by atoms with E-state index in [0.29, 0.717) is 0 Å². The predicted octanol–water partition coefficient (Wildman–Crippen LogP) is 5.75. The topological polar surface area (TPSA) is 9.23 Å². The summed E-state index contributed by atoms with van der Waals surface area (Å²) in [7, 11) is 0. The molecule has 3 aromatic rings. The summed E-state index contributed by atoms with van der Waals surface area (Å²) < 4.78 is 28.5. The number of alkyl halides is 2. The van der Waals surface area contributed by atoms with E-state index in [1.165, 1.54) is 9.75 Å². The first kappa shape index (κ1) is 13.3. The molecular weight excluding hydrogens is 298 g/mol. The molecule has 0 saturated heterocycles. The summed E-state index contributed by atoms with van der Waals surface area (Å²) in [5, 5.41) is 2.05. The van der Waals surface area contributed by atoms with Crippen LogP contribution < -0.4 is 4.74 Å². The van der Waals surface area contributed by atoms with Crippen molar-refractivity contribution in [3.63, 3.8) is 0 Å². The van der Waals surface area contributed by atoms with Gasteiger partial charge in [-0.2, -0.15) is 8.78 Å². The van der Waals surface area contributed by atoms with E-state index in [1.54, 1.807) is 46.9 Å². The molecule has 5 heteroatoms. The molecule has 0 aliphatic rings. The Morgan fingerprint density at radius 1 is 0.850 bits per heavy atom. The zero-order valence-corrected chi connectivity index (χ0v) is 11.9. The maximum absolute atomic E-state index is 12.1. The molecule has 0 N–H and O–H groups in total. The Labute approximate surface area is 123 Å². The molecule has 0 aliphatic carbocycles. The molecule has 0 atom stereocenters. The number of halogens is 2. The van der Waals surface area contributed by atoms with Gasteiger partial charge in [0.15, 0.2) is 0 Å². The Bertz CT molecular complexity index is 672. The van der Waals surface area contributed by atoms with E-state index in [4.69, 9.17) is 0 Å². The van der Waals surface area contributed by atoms with E-state index in [1.807, 2.05) is 17.5 Å². The number of thiophene rings is 2. The first-order chi connectivity index (χ1) is 9.72. The van der Waals surface area contributed by atoms with Gasteiger partial charge in [-0.3, -0.25) is 0 Å². The van der Waals surface area contributed by atoms with Crippen LogP contribution in [0.4, 0.5) is 8.78 Å². The third-order valence-corrected chi connectivity index (χ3v) is 4.93. The molecule has 102 valence electrons. The molecule has 3 rings (SSSR count). The Morgan fingerprint density at radius 2 is 1.60 bits per heavy atom. The second-order valence-electron chi connectivity index (χ2n) is 4.04. The molecule has 1 nitrogen and oxygen atoms in total. The van der Waals surface area contributed by atoms with Crippen molar-refractivity contribution in [3.05, 3.63) is 53.9 Å². The van der Waals surface area contributed by atoms with E-state index in [0.717, 1.165) is 10.4 Å². The SMILES string of the molecule is FC(F)Oc1ccc(-c2ccc(-c3cccs3)s2)cc1. The Kier molecular flexibility index (Phi) is 3.80. The fourth-order valence-electron chi connectivity index (χ4n) is 1.84. The van der Waals surface area contributed by atoms with Gasteiger partial charge in [0.05, 0.1) is 0 Å². The van der Waals surface area contributed by atoms with Crippen LogP contribution in [0.3, 0.4) is 0 Å². The van der Waals surface area contributed by atoms with Crippen LogP contribution >= 0.6 is 22.7 Å². The van der Waals surface area contributed by atoms with Crippen molar-refractivity contribution < 1.29 is 13.5 Å². The van der Waals surface area contributed by atoms with Crippen LogP contribution in [0.1, 0.15) is 0 Å². The lowest BCUT2D eigenvalue weighted by Gasteiger charge is -2.04. The second kappa shape index (κ2) is 5.73. The lowest BCUT2D eigenvalue weighted by atomic mass is 10.2. The van der Waals surface area contributed by atoms with Crippen molar-refractivity contribution in [1.82, 2.24) is 0 Å². The number of rotatable bonds is 4. The van der Waals surface area contributed by atoms with Crippen LogP contribution in [0.5, 0.6) is 5.75 Å². The predicted molar refractivity (Wildman–Crippen MR) is 79.7 cm³/mol. The number of hydrogen-bond acceptors (Lipinski definition) is 3. The van der Waals surface area contributed by atoms with Gasteiger partial charge in [0, 0.05) is 14.6 Å². The lowest BCUT2D eigenvalue weighted by Crippen LogP contribution is -2.01. The van der Waals surface area contributed by atoms with Crippen LogP contribution in [0.2, 0.25) is 0 Å². The highest BCUT2D eigenvalue weighted by molar-refractivity contribution is 7.23. The minimum Gasteiger partial charge on any atom is -0.435 e. The first-order valence-electron chi connectivity index (χ1n) is 5.91. The largest absolute Gasteiger partial charge is 0.435 e. The molecule has 2 aromatic heterocycles. The summed E-state index contributed by atoms with van der Waals surface area (Å²) in [6, 6.07) is 14.9. The maximum atomic E-state index is 12.1. The van der Waals surface area contributed by atoms with Gasteiger partial charge in [-0.25, -0.2) is 0 Å². The van der Waals surface area contributed by atoms with Gasteiger partial charge in [-0.15, -0.1) is 22.7 Å². The van der Waals surface area contributed by atoms with E-state index >= 15 is 0 Å². The monoisotopic (exact) mass is 308 g/mol. The summed E-state index contributed by atoms with van der Waals surface area (Å²) >= 11 is 3.39. The molecular formula is C15H10F2OS2. The number of benzene rings is 1. The molecule has 0 amide bonds. The molecule has 0 saturated carbocycles. The molecule has 0 spiro atoms. The van der Waals surface area contributed by atoms with Crippen molar-refractivity contribution in [1.29, 1.82) is 0 Å². The Morgan fingerprint density at radius 3 is 2.25 bits per heavy atom. The van der Waals surface area contributed by atoms with Gasteiger partial charge in [-0.1, -0.05) is 6.07 Å². The zero-order chi connectivity index (χ0) is 13.9. The highest BCUT2D eigenvalue weighted by Crippen LogP contribution is 2.36. The van der Waals surface area contributed by atoms with E-state index in [-0.39, 0.29) is 5.75 Å². The fourth-order valence-corrected chi connectivity index (χ4v) is 3.69. The minimum atomic E-state index is -2.78. The zero-order valence-electron chi connectivity index (χ0n) is 10.3. The highest BCUT2D eigenvalue weighted by atomic mass is 32.1. The summed E-state index contributed by atoms with van der Waals surface area (Å²) in [4.78, 5) is 3.55. The highest BCUT2D eigenvalue weighted by Gasteiger charge is 2.07. The smallest absolute Gasteiger partial charge is 0.387 e. The van der Waals surface area contributed by atoms with Gasteiger partial charge in [-0.05, 0) is 53.4 Å². The molecule has 0 aliphatic heterocycles. The van der Waals surface area contributed by atoms with E-state index in [2.05, 4.69) is 16.9 Å². The number of ether oxygens (including phenoxy) is 1. The third kappa shape index (κ3) is 2.89. The summed E-state index contributed by atoms with van der Waals surface area (Å²) in [6.45, 7) is -2.78. The van der Waals surface area contributed by atoms with Crippen molar-refractivity contribution in [2.75, 3.05) is 0 Å². The van der Waals surface area contributed by atoms with Crippen molar-refractivity contribution in [2.45, 2.75) is 6.61 Å². The van der Waals surface area contributed by atoms with Gasteiger partial charge >= 0.3 is 6.61 Å². The van der Waals surface area contributed by atoms with Gasteiger partial charge in [0.1, 0.15) is 5.75 Å². The molecule has 1 aromatic carbocycles. The van der Waals surface area contributed by atoms with Crippen LogP contribution in [0, 0.1) is 0 Å². The molecule has 0 fully saturated rings. The van der Waals surface area contributed by atoms with Gasteiger partial charge in [0.25, 0.3) is 0 Å². The van der Waals surface area contributed by atoms with Gasteiger partial charge < -0.3 is 4.74 Å². The van der Waals surface area contributed by atoms with Crippen molar-refractivity contribution in [3.8, 4) is 25.9 Å². The average Bonchev–Trinajstić information content (AvgIpc) is 3.10. The molecule has 0 bridgehead atoms. The number of hydrogen-bond donors (Lipinski definition) is 0.